The van der Waals surface area contributed by atoms with E-state index in [1.807, 2.05) is 72.8 Å². The minimum atomic E-state index is -0.746. The monoisotopic (exact) mass is 568 g/mol. The van der Waals surface area contributed by atoms with Crippen LogP contribution < -0.4 is 18.9 Å². The number of rotatable bonds is 15. The van der Waals surface area contributed by atoms with Gasteiger partial charge in [0, 0.05) is 0 Å². The fraction of sp³-hybridized carbons (Fsp3) is 0.314. The van der Waals surface area contributed by atoms with Crippen molar-refractivity contribution in [1.29, 1.82) is 0 Å². The molecule has 4 aromatic rings. The lowest BCUT2D eigenvalue weighted by molar-refractivity contribution is -0.0796. The van der Waals surface area contributed by atoms with Crippen LogP contribution in [-0.4, -0.2) is 63.1 Å². The Kier molecular flexibility index (Phi) is 9.20. The molecule has 2 saturated heterocycles. The van der Waals surface area contributed by atoms with Gasteiger partial charge in [-0.2, -0.15) is 0 Å². The number of aliphatic hydroxyl groups is 1. The van der Waals surface area contributed by atoms with E-state index in [1.165, 1.54) is 22.3 Å². The molecule has 2 aliphatic heterocycles. The Morgan fingerprint density at radius 1 is 0.571 bits per heavy atom. The Bertz CT molecular complexity index is 1380. The molecule has 0 spiro atoms. The van der Waals surface area contributed by atoms with E-state index in [2.05, 4.69) is 24.3 Å². The van der Waals surface area contributed by atoms with Crippen molar-refractivity contribution in [2.24, 2.45) is 0 Å². The van der Waals surface area contributed by atoms with E-state index in [0.29, 0.717) is 31.3 Å². The molecule has 0 amide bonds. The van der Waals surface area contributed by atoms with Crippen LogP contribution in [0.5, 0.6) is 23.0 Å². The molecule has 7 nitrogen and oxygen atoms in total. The molecule has 2 fully saturated rings. The van der Waals surface area contributed by atoms with Crippen molar-refractivity contribution in [2.75, 3.05) is 39.6 Å². The van der Waals surface area contributed by atoms with Crippen LogP contribution in [0.3, 0.4) is 0 Å². The Balaban J connectivity index is 0.888. The molecular weight excluding hydrogens is 532 g/mol. The molecule has 2 unspecified atom stereocenters. The van der Waals surface area contributed by atoms with E-state index in [1.54, 1.807) is 0 Å². The van der Waals surface area contributed by atoms with Crippen molar-refractivity contribution in [1.82, 2.24) is 0 Å². The van der Waals surface area contributed by atoms with Crippen LogP contribution in [0, 0.1) is 0 Å². The van der Waals surface area contributed by atoms with Crippen LogP contribution in [0.2, 0.25) is 0 Å². The third-order valence-electron chi connectivity index (χ3n) is 7.14. The van der Waals surface area contributed by atoms with Gasteiger partial charge in [-0.05, 0) is 83.6 Å². The van der Waals surface area contributed by atoms with Crippen molar-refractivity contribution >= 4 is 0 Å². The fourth-order valence-electron chi connectivity index (χ4n) is 4.53. The molecule has 0 aliphatic carbocycles. The minimum Gasteiger partial charge on any atom is -0.491 e. The van der Waals surface area contributed by atoms with E-state index < -0.39 is 6.10 Å². The molecule has 7 heteroatoms. The Labute approximate surface area is 246 Å². The number of hydrogen-bond donors (Lipinski definition) is 1. The van der Waals surface area contributed by atoms with E-state index >= 15 is 0 Å². The Hall–Kier alpha value is -4.04. The zero-order valence-electron chi connectivity index (χ0n) is 23.5. The molecule has 2 heterocycles. The van der Waals surface area contributed by atoms with Crippen molar-refractivity contribution in [2.45, 2.75) is 31.2 Å². The van der Waals surface area contributed by atoms with E-state index in [-0.39, 0.29) is 25.4 Å². The third-order valence-corrected chi connectivity index (χ3v) is 7.14. The van der Waals surface area contributed by atoms with Gasteiger partial charge in [-0.25, -0.2) is 0 Å². The Morgan fingerprint density at radius 3 is 1.36 bits per heavy atom. The summed E-state index contributed by atoms with van der Waals surface area (Å²) in [6.45, 7) is 3.04. The maximum absolute atomic E-state index is 10.4. The van der Waals surface area contributed by atoms with Crippen molar-refractivity contribution in [3.05, 3.63) is 119 Å². The van der Waals surface area contributed by atoms with Gasteiger partial charge in [0.05, 0.1) is 19.8 Å². The summed E-state index contributed by atoms with van der Waals surface area (Å²) < 4.78 is 33.4. The van der Waals surface area contributed by atoms with Crippen LogP contribution in [-0.2, 0) is 22.3 Å². The highest BCUT2D eigenvalue weighted by molar-refractivity contribution is 5.35. The molecule has 0 aromatic heterocycles. The van der Waals surface area contributed by atoms with Crippen molar-refractivity contribution in [3.63, 3.8) is 0 Å². The molecule has 218 valence electrons. The van der Waals surface area contributed by atoms with E-state index in [9.17, 15) is 5.11 Å². The van der Waals surface area contributed by atoms with Crippen LogP contribution >= 0.6 is 0 Å². The predicted molar refractivity (Wildman–Crippen MR) is 159 cm³/mol. The van der Waals surface area contributed by atoms with E-state index in [0.717, 1.165) is 30.9 Å². The number of aliphatic hydroxyl groups excluding tert-OH is 1. The standard InChI is InChI=1S/C35H36O7/c36-29(19-38-30-9-1-25(2-10-30)17-27-5-13-32(14-6-27)40-23-34-24-41-34)20-39-31-11-3-26(4-12-31)18-28-7-15-33(16-8-28)42-35-21-37-22-35/h1-16,29,34-36H,17-24H2. The van der Waals surface area contributed by atoms with Crippen molar-refractivity contribution in [3.8, 4) is 23.0 Å². The van der Waals surface area contributed by atoms with Gasteiger partial charge in [0.1, 0.15) is 61.1 Å². The van der Waals surface area contributed by atoms with Gasteiger partial charge in [-0.1, -0.05) is 48.5 Å². The van der Waals surface area contributed by atoms with Gasteiger partial charge >= 0.3 is 0 Å². The van der Waals surface area contributed by atoms with Gasteiger partial charge in [0.25, 0.3) is 0 Å². The highest BCUT2D eigenvalue weighted by Crippen LogP contribution is 2.21. The highest BCUT2D eigenvalue weighted by atomic mass is 16.6. The Morgan fingerprint density at radius 2 is 0.976 bits per heavy atom. The molecule has 42 heavy (non-hydrogen) atoms. The van der Waals surface area contributed by atoms with Crippen LogP contribution in [0.25, 0.3) is 0 Å². The third kappa shape index (κ3) is 8.49. The van der Waals surface area contributed by atoms with Crippen LogP contribution in [0.1, 0.15) is 22.3 Å². The number of ether oxygens (including phenoxy) is 6. The first-order valence-corrected chi connectivity index (χ1v) is 14.4. The second-order valence-electron chi connectivity index (χ2n) is 10.7. The van der Waals surface area contributed by atoms with Crippen LogP contribution in [0.15, 0.2) is 97.1 Å². The number of benzene rings is 4. The summed E-state index contributed by atoms with van der Waals surface area (Å²) in [5, 5.41) is 10.4. The smallest absolute Gasteiger partial charge is 0.145 e. The normalized spacial score (nSPS) is 16.7. The lowest BCUT2D eigenvalue weighted by Gasteiger charge is -2.26. The first kappa shape index (κ1) is 28.1. The first-order chi connectivity index (χ1) is 20.6. The molecule has 2 aliphatic rings. The topological polar surface area (TPSA) is 78.9 Å². The fourth-order valence-corrected chi connectivity index (χ4v) is 4.53. The van der Waals surface area contributed by atoms with Gasteiger partial charge in [-0.3, -0.25) is 0 Å². The molecule has 0 saturated carbocycles. The highest BCUT2D eigenvalue weighted by Gasteiger charge is 2.23. The zero-order chi connectivity index (χ0) is 28.6. The van der Waals surface area contributed by atoms with Gasteiger partial charge < -0.3 is 33.5 Å². The molecule has 2 atom stereocenters. The van der Waals surface area contributed by atoms with E-state index in [4.69, 9.17) is 28.4 Å². The quantitative estimate of drug-likeness (QED) is 0.197. The zero-order valence-corrected chi connectivity index (χ0v) is 23.5. The average molecular weight is 569 g/mol. The van der Waals surface area contributed by atoms with Gasteiger partial charge in [0.2, 0.25) is 0 Å². The number of epoxide rings is 1. The van der Waals surface area contributed by atoms with Gasteiger partial charge in [0.15, 0.2) is 0 Å². The van der Waals surface area contributed by atoms with Crippen molar-refractivity contribution < 1.29 is 33.5 Å². The summed E-state index contributed by atoms with van der Waals surface area (Å²) in [4.78, 5) is 0. The summed E-state index contributed by atoms with van der Waals surface area (Å²) in [7, 11) is 0. The maximum Gasteiger partial charge on any atom is 0.145 e. The molecule has 6 rings (SSSR count). The molecule has 0 bridgehead atoms. The second-order valence-corrected chi connectivity index (χ2v) is 10.7. The maximum atomic E-state index is 10.4. The molecule has 0 radical (unpaired) electrons. The molecular formula is C35H36O7. The second kappa shape index (κ2) is 13.7. The first-order valence-electron chi connectivity index (χ1n) is 14.4. The van der Waals surface area contributed by atoms with Gasteiger partial charge in [-0.15, -0.1) is 0 Å². The average Bonchev–Trinajstić information content (AvgIpc) is 3.83. The molecule has 1 N–H and O–H groups in total. The largest absolute Gasteiger partial charge is 0.491 e. The summed E-state index contributed by atoms with van der Waals surface area (Å²) in [5.74, 6) is 3.16. The number of hydrogen-bond acceptors (Lipinski definition) is 7. The molecule has 4 aromatic carbocycles. The predicted octanol–water partition coefficient (Wildman–Crippen LogP) is 5.24. The summed E-state index contributed by atoms with van der Waals surface area (Å²) in [6.07, 6.45) is 1.32. The SMILES string of the molecule is OC(COc1ccc(Cc2ccc(OCC3CO3)cc2)cc1)COc1ccc(Cc2ccc(OC3COC3)cc2)cc1. The summed E-state index contributed by atoms with van der Waals surface area (Å²) >= 11 is 0. The summed E-state index contributed by atoms with van der Waals surface area (Å²) in [6, 6.07) is 32.2. The lowest BCUT2D eigenvalue weighted by Crippen LogP contribution is -2.38. The van der Waals surface area contributed by atoms with Crippen LogP contribution in [0.4, 0.5) is 0 Å². The minimum absolute atomic E-state index is 0.151. The lowest BCUT2D eigenvalue weighted by atomic mass is 10.0. The summed E-state index contributed by atoms with van der Waals surface area (Å²) in [5.41, 5.74) is 4.78.